The van der Waals surface area contributed by atoms with Crippen LogP contribution in [0.25, 0.3) is 0 Å². The first-order valence-corrected chi connectivity index (χ1v) is 5.44. The lowest BCUT2D eigenvalue weighted by Gasteiger charge is -2.11. The van der Waals surface area contributed by atoms with Gasteiger partial charge in [0.15, 0.2) is 0 Å². The van der Waals surface area contributed by atoms with Gasteiger partial charge in [0.05, 0.1) is 11.5 Å². The molecule has 1 rings (SSSR count). The van der Waals surface area contributed by atoms with Gasteiger partial charge in [-0.15, -0.1) is 0 Å². The van der Waals surface area contributed by atoms with Crippen molar-refractivity contribution in [3.63, 3.8) is 0 Å². The Labute approximate surface area is 103 Å². The number of halogens is 2. The largest absolute Gasteiger partial charge is 0.382 e. The summed E-state index contributed by atoms with van der Waals surface area (Å²) in [4.78, 5) is 9.81. The Balaban J connectivity index is 2.80. The van der Waals surface area contributed by atoms with E-state index in [-0.39, 0.29) is 16.9 Å². The van der Waals surface area contributed by atoms with Gasteiger partial charge in [0.25, 0.3) is 12.1 Å². The molecule has 7 heteroatoms. The maximum Gasteiger partial charge on any atom is 0.270 e. The monoisotopic (exact) mass is 260 g/mol. The van der Waals surface area contributed by atoms with E-state index in [0.717, 1.165) is 6.07 Å². The highest BCUT2D eigenvalue weighted by Crippen LogP contribution is 2.30. The molecule has 1 aromatic rings. The summed E-state index contributed by atoms with van der Waals surface area (Å²) < 4.78 is 30.6. The quantitative estimate of drug-likeness (QED) is 0.465. The van der Waals surface area contributed by atoms with Gasteiger partial charge in [0.2, 0.25) is 0 Å². The first-order valence-electron chi connectivity index (χ1n) is 5.44. The highest BCUT2D eigenvalue weighted by atomic mass is 19.3. The summed E-state index contributed by atoms with van der Waals surface area (Å²) in [6, 6.07) is 3.36. The van der Waals surface area contributed by atoms with Gasteiger partial charge in [-0.05, 0) is 13.0 Å². The Hall–Kier alpha value is -1.76. The molecule has 0 radical (unpaired) electrons. The lowest BCUT2D eigenvalue weighted by molar-refractivity contribution is -0.385. The Morgan fingerprint density at radius 1 is 1.50 bits per heavy atom. The van der Waals surface area contributed by atoms with Crippen molar-refractivity contribution >= 4 is 11.4 Å². The number of anilines is 1. The zero-order valence-electron chi connectivity index (χ0n) is 9.86. The summed E-state index contributed by atoms with van der Waals surface area (Å²) >= 11 is 0. The molecular formula is C11H14F2N2O3. The van der Waals surface area contributed by atoms with Gasteiger partial charge < -0.3 is 10.1 Å². The molecule has 0 atom stereocenters. The van der Waals surface area contributed by atoms with Crippen molar-refractivity contribution in [1.29, 1.82) is 0 Å². The number of benzene rings is 1. The van der Waals surface area contributed by atoms with Crippen molar-refractivity contribution in [2.24, 2.45) is 0 Å². The first kappa shape index (κ1) is 14.3. The van der Waals surface area contributed by atoms with Crippen LogP contribution < -0.4 is 5.32 Å². The Bertz CT molecular complexity index is 413. The van der Waals surface area contributed by atoms with Crippen LogP contribution in [0.15, 0.2) is 18.2 Å². The molecule has 100 valence electrons. The topological polar surface area (TPSA) is 64.4 Å². The first-order chi connectivity index (χ1) is 8.56. The molecule has 0 unspecified atom stereocenters. The number of nitrogens with zero attached hydrogens (tertiary/aromatic N) is 1. The zero-order chi connectivity index (χ0) is 13.5. The average Bonchev–Trinajstić information content (AvgIpc) is 2.34. The molecule has 0 amide bonds. The summed E-state index contributed by atoms with van der Waals surface area (Å²) in [6.07, 6.45) is -2.76. The van der Waals surface area contributed by atoms with Gasteiger partial charge in [0.1, 0.15) is 0 Å². The second kappa shape index (κ2) is 6.85. The van der Waals surface area contributed by atoms with E-state index >= 15 is 0 Å². The van der Waals surface area contributed by atoms with Crippen LogP contribution in [0.2, 0.25) is 0 Å². The van der Waals surface area contributed by atoms with E-state index in [9.17, 15) is 18.9 Å². The third-order valence-corrected chi connectivity index (χ3v) is 2.25. The van der Waals surface area contributed by atoms with Crippen molar-refractivity contribution in [2.45, 2.75) is 13.3 Å². The Morgan fingerprint density at radius 2 is 2.22 bits per heavy atom. The number of nitro benzene ring substituents is 1. The summed E-state index contributed by atoms with van der Waals surface area (Å²) in [5.41, 5.74) is -0.531. The number of hydrogen-bond donors (Lipinski definition) is 1. The normalized spacial score (nSPS) is 10.7. The van der Waals surface area contributed by atoms with Crippen molar-refractivity contribution in [1.82, 2.24) is 0 Å². The van der Waals surface area contributed by atoms with E-state index in [4.69, 9.17) is 4.74 Å². The smallest absolute Gasteiger partial charge is 0.270 e. The molecule has 0 heterocycles. The minimum atomic E-state index is -2.76. The van der Waals surface area contributed by atoms with Gasteiger partial charge in [-0.2, -0.15) is 0 Å². The molecule has 0 aliphatic rings. The standard InChI is InChI=1S/C11H14F2N2O3/c1-2-18-6-5-14-10-4-3-8(15(16)17)7-9(10)11(12)13/h3-4,7,11,14H,2,5-6H2,1H3. The molecule has 0 aliphatic carbocycles. The van der Waals surface area contributed by atoms with Gasteiger partial charge in [-0.3, -0.25) is 10.1 Å². The minimum Gasteiger partial charge on any atom is -0.382 e. The molecule has 1 N–H and O–H groups in total. The summed E-state index contributed by atoms with van der Waals surface area (Å²) in [6.45, 7) is 3.13. The average molecular weight is 260 g/mol. The fourth-order valence-electron chi connectivity index (χ4n) is 1.41. The minimum absolute atomic E-state index is 0.190. The van der Waals surface area contributed by atoms with E-state index < -0.39 is 11.3 Å². The van der Waals surface area contributed by atoms with Crippen LogP contribution in [0.1, 0.15) is 18.9 Å². The van der Waals surface area contributed by atoms with Crippen LogP contribution in [0.5, 0.6) is 0 Å². The van der Waals surface area contributed by atoms with Crippen molar-refractivity contribution in [3.8, 4) is 0 Å². The number of ether oxygens (including phenoxy) is 1. The number of non-ortho nitro benzene ring substituents is 1. The molecule has 0 aromatic heterocycles. The van der Waals surface area contributed by atoms with E-state index in [0.29, 0.717) is 19.8 Å². The lowest BCUT2D eigenvalue weighted by Crippen LogP contribution is -2.11. The van der Waals surface area contributed by atoms with E-state index in [1.54, 1.807) is 0 Å². The van der Waals surface area contributed by atoms with Crippen LogP contribution >= 0.6 is 0 Å². The third-order valence-electron chi connectivity index (χ3n) is 2.25. The highest BCUT2D eigenvalue weighted by Gasteiger charge is 2.17. The van der Waals surface area contributed by atoms with Gasteiger partial charge in [0, 0.05) is 36.5 Å². The number of hydrogen-bond acceptors (Lipinski definition) is 4. The van der Waals surface area contributed by atoms with E-state index in [1.807, 2.05) is 6.92 Å². The fourth-order valence-corrected chi connectivity index (χ4v) is 1.41. The van der Waals surface area contributed by atoms with Crippen LogP contribution in [-0.4, -0.2) is 24.7 Å². The molecule has 0 saturated carbocycles. The second-order valence-corrected chi connectivity index (χ2v) is 3.45. The molecule has 18 heavy (non-hydrogen) atoms. The molecule has 0 spiro atoms. The van der Waals surface area contributed by atoms with Crippen LogP contribution in [0.3, 0.4) is 0 Å². The van der Waals surface area contributed by atoms with E-state index in [2.05, 4.69) is 5.32 Å². The lowest BCUT2D eigenvalue weighted by atomic mass is 10.1. The highest BCUT2D eigenvalue weighted by molar-refractivity contribution is 5.56. The summed E-state index contributed by atoms with van der Waals surface area (Å²) in [7, 11) is 0. The molecule has 5 nitrogen and oxygen atoms in total. The fraction of sp³-hybridized carbons (Fsp3) is 0.455. The number of nitrogens with one attached hydrogen (secondary N) is 1. The molecule has 1 aromatic carbocycles. The number of rotatable bonds is 7. The molecule has 0 aliphatic heterocycles. The van der Waals surface area contributed by atoms with Crippen molar-refractivity contribution in [3.05, 3.63) is 33.9 Å². The maximum absolute atomic E-state index is 12.8. The maximum atomic E-state index is 12.8. The number of nitro groups is 1. The molecular weight excluding hydrogens is 246 g/mol. The summed E-state index contributed by atoms with van der Waals surface area (Å²) in [5.74, 6) is 0. The second-order valence-electron chi connectivity index (χ2n) is 3.45. The predicted molar refractivity (Wildman–Crippen MR) is 63.0 cm³/mol. The van der Waals surface area contributed by atoms with Gasteiger partial charge >= 0.3 is 0 Å². The van der Waals surface area contributed by atoms with Gasteiger partial charge in [-0.25, -0.2) is 8.78 Å². The summed E-state index contributed by atoms with van der Waals surface area (Å²) in [5, 5.41) is 13.3. The predicted octanol–water partition coefficient (Wildman–Crippen LogP) is 2.98. The van der Waals surface area contributed by atoms with Gasteiger partial charge in [-0.1, -0.05) is 0 Å². The van der Waals surface area contributed by atoms with Crippen LogP contribution in [0, 0.1) is 10.1 Å². The Kier molecular flexibility index (Phi) is 5.44. The zero-order valence-corrected chi connectivity index (χ0v) is 9.86. The molecule has 0 saturated heterocycles. The van der Waals surface area contributed by atoms with Crippen molar-refractivity contribution < 1.29 is 18.4 Å². The third kappa shape index (κ3) is 3.92. The SMILES string of the molecule is CCOCCNc1ccc([N+](=O)[O-])cc1C(F)F. The van der Waals surface area contributed by atoms with Crippen LogP contribution in [0.4, 0.5) is 20.2 Å². The molecule has 0 bridgehead atoms. The van der Waals surface area contributed by atoms with E-state index in [1.165, 1.54) is 12.1 Å². The van der Waals surface area contributed by atoms with Crippen LogP contribution in [-0.2, 0) is 4.74 Å². The Morgan fingerprint density at radius 3 is 2.78 bits per heavy atom. The van der Waals surface area contributed by atoms with Crippen molar-refractivity contribution in [2.75, 3.05) is 25.1 Å². The molecule has 0 fully saturated rings. The number of alkyl halides is 2.